The molecular weight excluding hydrogens is 420 g/mol. The van der Waals surface area contributed by atoms with E-state index in [1.54, 1.807) is 18.2 Å². The molecule has 2 aromatic carbocycles. The van der Waals surface area contributed by atoms with E-state index in [4.69, 9.17) is 9.47 Å². The summed E-state index contributed by atoms with van der Waals surface area (Å²) >= 11 is 0. The first-order valence-electron chi connectivity index (χ1n) is 10.5. The quantitative estimate of drug-likeness (QED) is 0.612. The highest BCUT2D eigenvalue weighted by Gasteiger charge is 2.26. The van der Waals surface area contributed by atoms with Crippen LogP contribution in [0, 0.1) is 11.6 Å². The second kappa shape index (κ2) is 11.2. The average molecular weight is 449 g/mol. The number of para-hydroxylation sites is 1. The summed E-state index contributed by atoms with van der Waals surface area (Å²) in [7, 11) is 1.38. The lowest BCUT2D eigenvalue weighted by atomic mass is 10.1. The van der Waals surface area contributed by atoms with E-state index in [-0.39, 0.29) is 36.6 Å². The van der Waals surface area contributed by atoms with Crippen molar-refractivity contribution in [3.05, 3.63) is 54.1 Å². The number of aliphatic hydroxyl groups is 1. The first kappa shape index (κ1) is 23.9. The minimum atomic E-state index is -0.767. The summed E-state index contributed by atoms with van der Waals surface area (Å²) in [6.07, 6.45) is -0.767. The molecule has 1 heterocycles. The molecule has 2 aromatic rings. The van der Waals surface area contributed by atoms with E-state index in [0.717, 1.165) is 0 Å². The molecule has 0 spiro atoms. The lowest BCUT2D eigenvalue weighted by Crippen LogP contribution is -2.55. The number of benzene rings is 2. The van der Waals surface area contributed by atoms with Crippen LogP contribution in [0.15, 0.2) is 42.5 Å². The Balaban J connectivity index is 1.42. The van der Waals surface area contributed by atoms with Gasteiger partial charge in [-0.15, -0.1) is 0 Å². The topological polar surface area (TPSA) is 74.3 Å². The third-order valence-corrected chi connectivity index (χ3v) is 5.37. The van der Waals surface area contributed by atoms with Crippen LogP contribution in [0.5, 0.6) is 11.5 Å². The van der Waals surface area contributed by atoms with E-state index in [1.807, 2.05) is 11.8 Å². The van der Waals surface area contributed by atoms with Crippen LogP contribution in [0.25, 0.3) is 0 Å². The van der Waals surface area contributed by atoms with Gasteiger partial charge in [-0.2, -0.15) is 0 Å². The van der Waals surface area contributed by atoms with Gasteiger partial charge in [0.2, 0.25) is 5.91 Å². The number of ether oxygens (including phenoxy) is 2. The van der Waals surface area contributed by atoms with Crippen molar-refractivity contribution in [2.75, 3.05) is 51.8 Å². The SMILES string of the molecule is COc1ccc(NC(=O)CN2CCN(C[C@@H](O)COc3ccccc3F)[C@@H](C)C2)cc1F. The molecular formula is C23H29F2N3O4. The van der Waals surface area contributed by atoms with E-state index >= 15 is 0 Å². The predicted octanol–water partition coefficient (Wildman–Crippen LogP) is 2.36. The molecule has 1 saturated heterocycles. The van der Waals surface area contributed by atoms with Gasteiger partial charge in [-0.25, -0.2) is 8.78 Å². The van der Waals surface area contributed by atoms with Crippen molar-refractivity contribution in [1.29, 1.82) is 0 Å². The van der Waals surface area contributed by atoms with Crippen molar-refractivity contribution in [2.24, 2.45) is 0 Å². The molecule has 1 aliphatic rings. The van der Waals surface area contributed by atoms with Crippen molar-refractivity contribution < 1.29 is 28.2 Å². The standard InChI is InChI=1S/C23H29F2N3O4/c1-16-12-27(14-23(30)26-17-7-8-21(31-2)20(25)11-17)9-10-28(16)13-18(29)15-32-22-6-4-3-5-19(22)24/h3-8,11,16,18,29H,9-10,12-15H2,1-2H3,(H,26,30)/t16-,18+/m0/s1. The highest BCUT2D eigenvalue weighted by molar-refractivity contribution is 5.92. The van der Waals surface area contributed by atoms with Crippen LogP contribution in [0.3, 0.4) is 0 Å². The third-order valence-electron chi connectivity index (χ3n) is 5.37. The van der Waals surface area contributed by atoms with Gasteiger partial charge in [-0.1, -0.05) is 12.1 Å². The number of aliphatic hydroxyl groups excluding tert-OH is 1. The Morgan fingerprint density at radius 3 is 2.66 bits per heavy atom. The summed E-state index contributed by atoms with van der Waals surface area (Å²) in [5.74, 6) is -0.988. The van der Waals surface area contributed by atoms with E-state index in [2.05, 4.69) is 10.2 Å². The van der Waals surface area contributed by atoms with Crippen molar-refractivity contribution in [2.45, 2.75) is 19.1 Å². The number of halogens is 2. The highest BCUT2D eigenvalue weighted by atomic mass is 19.1. The van der Waals surface area contributed by atoms with Crippen molar-refractivity contribution >= 4 is 11.6 Å². The van der Waals surface area contributed by atoms with Crippen LogP contribution in [-0.4, -0.2) is 79.4 Å². The van der Waals surface area contributed by atoms with Crippen molar-refractivity contribution in [3.63, 3.8) is 0 Å². The lowest BCUT2D eigenvalue weighted by Gasteiger charge is -2.40. The number of nitrogens with zero attached hydrogens (tertiary/aromatic N) is 2. The minimum absolute atomic E-state index is 0.00526. The van der Waals surface area contributed by atoms with Crippen LogP contribution in [0.1, 0.15) is 6.92 Å². The predicted molar refractivity (Wildman–Crippen MR) is 117 cm³/mol. The fourth-order valence-electron chi connectivity index (χ4n) is 3.70. The Kier molecular flexibility index (Phi) is 8.38. The molecule has 0 unspecified atom stereocenters. The molecule has 0 aliphatic carbocycles. The van der Waals surface area contributed by atoms with E-state index in [9.17, 15) is 18.7 Å². The van der Waals surface area contributed by atoms with Crippen LogP contribution in [0.4, 0.5) is 14.5 Å². The summed E-state index contributed by atoms with van der Waals surface area (Å²) in [5, 5.41) is 13.0. The van der Waals surface area contributed by atoms with Gasteiger partial charge in [-0.3, -0.25) is 14.6 Å². The number of hydrogen-bond acceptors (Lipinski definition) is 6. The Labute approximate surface area is 186 Å². The zero-order valence-corrected chi connectivity index (χ0v) is 18.3. The monoisotopic (exact) mass is 449 g/mol. The molecule has 2 atom stereocenters. The van der Waals surface area contributed by atoms with Gasteiger partial charge in [0.25, 0.3) is 0 Å². The molecule has 2 N–H and O–H groups in total. The molecule has 3 rings (SSSR count). The molecule has 0 saturated carbocycles. The smallest absolute Gasteiger partial charge is 0.238 e. The van der Waals surface area contributed by atoms with E-state index < -0.39 is 17.7 Å². The van der Waals surface area contributed by atoms with Gasteiger partial charge in [-0.05, 0) is 31.2 Å². The number of hydrogen-bond donors (Lipinski definition) is 2. The van der Waals surface area contributed by atoms with Gasteiger partial charge in [0.05, 0.1) is 13.7 Å². The second-order valence-electron chi connectivity index (χ2n) is 7.87. The number of anilines is 1. The molecule has 32 heavy (non-hydrogen) atoms. The Bertz CT molecular complexity index is 915. The largest absolute Gasteiger partial charge is 0.494 e. The van der Waals surface area contributed by atoms with Gasteiger partial charge in [0, 0.05) is 44.0 Å². The number of methoxy groups -OCH3 is 1. The number of carbonyl (C=O) groups excluding carboxylic acids is 1. The normalized spacial score (nSPS) is 18.2. The minimum Gasteiger partial charge on any atom is -0.494 e. The van der Waals surface area contributed by atoms with Gasteiger partial charge in [0.15, 0.2) is 23.1 Å². The van der Waals surface area contributed by atoms with Crippen LogP contribution in [0.2, 0.25) is 0 Å². The van der Waals surface area contributed by atoms with Crippen LogP contribution >= 0.6 is 0 Å². The van der Waals surface area contributed by atoms with Gasteiger partial charge in [0.1, 0.15) is 12.7 Å². The molecule has 0 bridgehead atoms. The Morgan fingerprint density at radius 1 is 1.19 bits per heavy atom. The first-order valence-corrected chi connectivity index (χ1v) is 10.5. The molecule has 7 nitrogen and oxygen atoms in total. The molecule has 1 aliphatic heterocycles. The van der Waals surface area contributed by atoms with E-state index in [0.29, 0.717) is 31.9 Å². The number of nitrogens with one attached hydrogen (secondary N) is 1. The fourth-order valence-corrected chi connectivity index (χ4v) is 3.70. The molecule has 9 heteroatoms. The van der Waals surface area contributed by atoms with Crippen molar-refractivity contribution in [1.82, 2.24) is 9.80 Å². The van der Waals surface area contributed by atoms with Crippen molar-refractivity contribution in [3.8, 4) is 11.5 Å². The van der Waals surface area contributed by atoms with Crippen LogP contribution in [-0.2, 0) is 4.79 Å². The average Bonchev–Trinajstić information content (AvgIpc) is 2.75. The number of rotatable bonds is 9. The summed E-state index contributed by atoms with van der Waals surface area (Å²) in [6.45, 7) is 4.55. The molecule has 1 fully saturated rings. The maximum Gasteiger partial charge on any atom is 0.238 e. The fraction of sp³-hybridized carbons (Fsp3) is 0.435. The zero-order chi connectivity index (χ0) is 23.1. The summed E-state index contributed by atoms with van der Waals surface area (Å²) in [6, 6.07) is 10.5. The summed E-state index contributed by atoms with van der Waals surface area (Å²) in [4.78, 5) is 16.5. The Morgan fingerprint density at radius 2 is 1.97 bits per heavy atom. The maximum atomic E-state index is 13.8. The van der Waals surface area contributed by atoms with Crippen LogP contribution < -0.4 is 14.8 Å². The molecule has 0 aromatic heterocycles. The number of amides is 1. The molecule has 1 amide bonds. The molecule has 0 radical (unpaired) electrons. The molecule has 174 valence electrons. The first-order chi connectivity index (χ1) is 15.4. The maximum absolute atomic E-state index is 13.8. The summed E-state index contributed by atoms with van der Waals surface area (Å²) in [5.41, 5.74) is 0.373. The number of β-amino-alcohol motifs (C(OH)–C–C–N with tert-alkyl or cyclic N) is 1. The van der Waals surface area contributed by atoms with Gasteiger partial charge >= 0.3 is 0 Å². The lowest BCUT2D eigenvalue weighted by molar-refractivity contribution is -0.118. The zero-order valence-electron chi connectivity index (χ0n) is 18.3. The summed E-state index contributed by atoms with van der Waals surface area (Å²) < 4.78 is 37.7. The van der Waals surface area contributed by atoms with Gasteiger partial charge < -0.3 is 19.9 Å². The number of piperazine rings is 1. The Hall–Kier alpha value is -2.75. The second-order valence-corrected chi connectivity index (χ2v) is 7.87. The highest BCUT2D eigenvalue weighted by Crippen LogP contribution is 2.21. The van der Waals surface area contributed by atoms with E-state index in [1.165, 1.54) is 31.4 Å². The number of carbonyl (C=O) groups is 1. The third kappa shape index (κ3) is 6.62.